The zero-order chi connectivity index (χ0) is 10.1. The number of oxime groups is 1. The van der Waals surface area contributed by atoms with E-state index in [0.29, 0.717) is 31.0 Å². The Labute approximate surface area is 80.8 Å². The SMILES string of the molecule is CCS(=O)CCNCCC(N)=NO. The minimum Gasteiger partial charge on any atom is -0.409 e. The highest BCUT2D eigenvalue weighted by Crippen LogP contribution is 1.80. The Bertz CT molecular complexity index is 185. The maximum atomic E-state index is 10.9. The van der Waals surface area contributed by atoms with Gasteiger partial charge in [0.15, 0.2) is 0 Å². The fraction of sp³-hybridized carbons (Fsp3) is 0.857. The summed E-state index contributed by atoms with van der Waals surface area (Å²) in [6.07, 6.45) is 0.509. The summed E-state index contributed by atoms with van der Waals surface area (Å²) in [5.41, 5.74) is 5.24. The average Bonchev–Trinajstić information content (AvgIpc) is 2.16. The van der Waals surface area contributed by atoms with E-state index in [4.69, 9.17) is 10.9 Å². The van der Waals surface area contributed by atoms with Crippen molar-refractivity contribution < 1.29 is 9.42 Å². The lowest BCUT2D eigenvalue weighted by molar-refractivity contribution is 0.316. The van der Waals surface area contributed by atoms with Gasteiger partial charge in [0.1, 0.15) is 5.84 Å². The third kappa shape index (κ3) is 7.73. The van der Waals surface area contributed by atoms with Gasteiger partial charge in [-0.05, 0) is 0 Å². The summed E-state index contributed by atoms with van der Waals surface area (Å²) in [6, 6.07) is 0. The van der Waals surface area contributed by atoms with Crippen LogP contribution in [0.15, 0.2) is 5.16 Å². The number of hydrogen-bond acceptors (Lipinski definition) is 4. The molecule has 0 aliphatic carbocycles. The molecule has 0 fully saturated rings. The van der Waals surface area contributed by atoms with Crippen molar-refractivity contribution in [3.05, 3.63) is 0 Å². The highest BCUT2D eigenvalue weighted by Gasteiger charge is 1.96. The number of rotatable bonds is 7. The third-order valence-electron chi connectivity index (χ3n) is 1.51. The highest BCUT2D eigenvalue weighted by molar-refractivity contribution is 7.84. The molecule has 13 heavy (non-hydrogen) atoms. The average molecular weight is 207 g/mol. The van der Waals surface area contributed by atoms with Crippen molar-refractivity contribution in [3.8, 4) is 0 Å². The Balaban J connectivity index is 3.22. The molecule has 0 radical (unpaired) electrons. The van der Waals surface area contributed by atoms with Crippen LogP contribution in [-0.2, 0) is 10.8 Å². The van der Waals surface area contributed by atoms with Gasteiger partial charge in [0.25, 0.3) is 0 Å². The van der Waals surface area contributed by atoms with E-state index < -0.39 is 10.8 Å². The first-order valence-electron chi connectivity index (χ1n) is 4.22. The van der Waals surface area contributed by atoms with Gasteiger partial charge in [-0.1, -0.05) is 12.1 Å². The van der Waals surface area contributed by atoms with Gasteiger partial charge in [-0.25, -0.2) is 0 Å². The van der Waals surface area contributed by atoms with E-state index in [0.717, 1.165) is 0 Å². The molecule has 1 unspecified atom stereocenters. The van der Waals surface area contributed by atoms with Crippen molar-refractivity contribution in [1.82, 2.24) is 5.32 Å². The van der Waals surface area contributed by atoms with Gasteiger partial charge in [0, 0.05) is 41.8 Å². The van der Waals surface area contributed by atoms with Crippen molar-refractivity contribution in [2.45, 2.75) is 13.3 Å². The Morgan fingerprint density at radius 3 is 2.85 bits per heavy atom. The maximum Gasteiger partial charge on any atom is 0.140 e. The Kier molecular flexibility index (Phi) is 7.62. The molecule has 0 bridgehead atoms. The van der Waals surface area contributed by atoms with Crippen LogP contribution in [0.1, 0.15) is 13.3 Å². The van der Waals surface area contributed by atoms with Gasteiger partial charge in [0.2, 0.25) is 0 Å². The molecule has 0 amide bonds. The number of amidine groups is 1. The minimum absolute atomic E-state index is 0.212. The van der Waals surface area contributed by atoms with Crippen LogP contribution in [0.3, 0.4) is 0 Å². The molecule has 4 N–H and O–H groups in total. The second-order valence-corrected chi connectivity index (χ2v) is 4.39. The van der Waals surface area contributed by atoms with E-state index in [2.05, 4.69) is 10.5 Å². The molecule has 1 atom stereocenters. The molecule has 0 aromatic rings. The summed E-state index contributed by atoms with van der Waals surface area (Å²) >= 11 is 0. The topological polar surface area (TPSA) is 87.7 Å². The normalized spacial score (nSPS) is 14.4. The summed E-state index contributed by atoms with van der Waals surface area (Å²) in [6.45, 7) is 3.25. The number of hydrogen-bond donors (Lipinski definition) is 3. The summed E-state index contributed by atoms with van der Waals surface area (Å²) in [5.74, 6) is 1.57. The van der Waals surface area contributed by atoms with Crippen LogP contribution >= 0.6 is 0 Å². The van der Waals surface area contributed by atoms with E-state index in [9.17, 15) is 4.21 Å². The van der Waals surface area contributed by atoms with Gasteiger partial charge in [-0.3, -0.25) is 4.21 Å². The Hall–Kier alpha value is -0.620. The zero-order valence-electron chi connectivity index (χ0n) is 7.82. The predicted molar refractivity (Wildman–Crippen MR) is 54.4 cm³/mol. The van der Waals surface area contributed by atoms with Gasteiger partial charge in [0.05, 0.1) is 0 Å². The van der Waals surface area contributed by atoms with Crippen molar-refractivity contribution in [2.24, 2.45) is 10.9 Å². The molecule has 0 aromatic heterocycles. The molecular weight excluding hydrogens is 190 g/mol. The lowest BCUT2D eigenvalue weighted by Gasteiger charge is -2.02. The Morgan fingerprint density at radius 2 is 2.31 bits per heavy atom. The van der Waals surface area contributed by atoms with Gasteiger partial charge < -0.3 is 16.3 Å². The van der Waals surface area contributed by atoms with Crippen molar-refractivity contribution in [2.75, 3.05) is 24.6 Å². The summed E-state index contributed by atoms with van der Waals surface area (Å²) in [5, 5.41) is 14.1. The molecule has 6 heteroatoms. The molecule has 0 spiro atoms. The molecule has 0 rings (SSSR count). The van der Waals surface area contributed by atoms with Crippen molar-refractivity contribution in [1.29, 1.82) is 0 Å². The van der Waals surface area contributed by atoms with Gasteiger partial charge in [-0.2, -0.15) is 0 Å². The molecule has 0 aliphatic heterocycles. The van der Waals surface area contributed by atoms with Gasteiger partial charge >= 0.3 is 0 Å². The second kappa shape index (κ2) is 8.00. The standard InChI is InChI=1S/C7H17N3O2S/c1-2-13(12)6-5-9-4-3-7(8)10-11/h9,11H,2-6H2,1H3,(H2,8,10). The molecule has 0 saturated heterocycles. The summed E-state index contributed by atoms with van der Waals surface area (Å²) in [4.78, 5) is 0. The predicted octanol–water partition coefficient (Wildman–Crippen LogP) is -0.519. The van der Waals surface area contributed by atoms with Gasteiger partial charge in [-0.15, -0.1) is 0 Å². The van der Waals surface area contributed by atoms with Crippen LogP contribution in [0.4, 0.5) is 0 Å². The first-order chi connectivity index (χ1) is 6.20. The van der Waals surface area contributed by atoms with Crippen LogP contribution in [-0.4, -0.2) is 39.8 Å². The fourth-order valence-electron chi connectivity index (χ4n) is 0.722. The van der Waals surface area contributed by atoms with Crippen LogP contribution in [0.25, 0.3) is 0 Å². The number of nitrogens with two attached hydrogens (primary N) is 1. The van der Waals surface area contributed by atoms with E-state index in [1.807, 2.05) is 6.92 Å². The minimum atomic E-state index is -0.716. The summed E-state index contributed by atoms with van der Waals surface area (Å²) in [7, 11) is -0.716. The van der Waals surface area contributed by atoms with Crippen molar-refractivity contribution in [3.63, 3.8) is 0 Å². The molecule has 5 nitrogen and oxygen atoms in total. The first-order valence-corrected chi connectivity index (χ1v) is 5.71. The molecule has 78 valence electrons. The van der Waals surface area contributed by atoms with E-state index in [-0.39, 0.29) is 5.84 Å². The number of nitrogens with one attached hydrogen (secondary N) is 1. The third-order valence-corrected chi connectivity index (χ3v) is 2.82. The fourth-order valence-corrected chi connectivity index (χ4v) is 1.38. The molecular formula is C7H17N3O2S. The smallest absolute Gasteiger partial charge is 0.140 e. The Morgan fingerprint density at radius 1 is 1.62 bits per heavy atom. The van der Waals surface area contributed by atoms with Crippen LogP contribution in [0.5, 0.6) is 0 Å². The van der Waals surface area contributed by atoms with E-state index >= 15 is 0 Å². The monoisotopic (exact) mass is 207 g/mol. The molecule has 0 saturated carbocycles. The summed E-state index contributed by atoms with van der Waals surface area (Å²) < 4.78 is 10.9. The molecule has 0 aromatic carbocycles. The first kappa shape index (κ1) is 12.4. The van der Waals surface area contributed by atoms with Crippen LogP contribution < -0.4 is 11.1 Å². The highest BCUT2D eigenvalue weighted by atomic mass is 32.2. The maximum absolute atomic E-state index is 10.9. The molecule has 0 aliphatic rings. The molecule has 0 heterocycles. The van der Waals surface area contributed by atoms with E-state index in [1.165, 1.54) is 0 Å². The van der Waals surface area contributed by atoms with E-state index in [1.54, 1.807) is 0 Å². The van der Waals surface area contributed by atoms with Crippen LogP contribution in [0.2, 0.25) is 0 Å². The lowest BCUT2D eigenvalue weighted by Crippen LogP contribution is -2.26. The zero-order valence-corrected chi connectivity index (χ0v) is 8.64. The number of nitrogens with zero attached hydrogens (tertiary/aromatic N) is 1. The van der Waals surface area contributed by atoms with Crippen LogP contribution in [0, 0.1) is 0 Å². The van der Waals surface area contributed by atoms with Crippen molar-refractivity contribution >= 4 is 16.6 Å². The lowest BCUT2D eigenvalue weighted by atomic mass is 10.4. The largest absolute Gasteiger partial charge is 0.409 e. The second-order valence-electron chi connectivity index (χ2n) is 2.52. The quantitative estimate of drug-likeness (QED) is 0.172.